The van der Waals surface area contributed by atoms with Crippen LogP contribution in [0.15, 0.2) is 12.2 Å². The molecule has 7 nitrogen and oxygen atoms in total. The molecule has 0 aliphatic heterocycles. The quantitative estimate of drug-likeness (QED) is 0.372. The van der Waals surface area contributed by atoms with Crippen molar-refractivity contribution in [3.8, 4) is 0 Å². The smallest absolute Gasteiger partial charge is 1.00 e. The Morgan fingerprint density at radius 3 is 1.33 bits per heavy atom. The maximum absolute atomic E-state index is 9.55. The van der Waals surface area contributed by atoms with Crippen LogP contribution in [0.5, 0.6) is 0 Å². The number of hydrogen-bond acceptors (Lipinski definition) is 4. The van der Waals surface area contributed by atoms with E-state index < -0.39 is 24.0 Å². The van der Waals surface area contributed by atoms with E-state index >= 15 is 0 Å². The van der Waals surface area contributed by atoms with Crippen molar-refractivity contribution in [3.63, 3.8) is 0 Å². The molecule has 1 atom stereocenters. The molecule has 0 fully saturated rings. The summed E-state index contributed by atoms with van der Waals surface area (Å²) in [7, 11) is 0. The summed E-state index contributed by atoms with van der Waals surface area (Å²) in [5.74, 6) is -3.70. The third-order valence-corrected chi connectivity index (χ3v) is 0.726. The van der Waals surface area contributed by atoms with E-state index in [0.717, 1.165) is 0 Å². The fourth-order valence-corrected chi connectivity index (χ4v) is 0.143. The first-order chi connectivity index (χ1) is 6.27. The second kappa shape index (κ2) is 11.4. The molecule has 15 heavy (non-hydrogen) atoms. The fraction of sp³-hybridized carbons (Fsp3) is 0.286. The molecule has 4 N–H and O–H groups in total. The van der Waals surface area contributed by atoms with Crippen molar-refractivity contribution in [1.82, 2.24) is 0 Å². The van der Waals surface area contributed by atoms with Crippen molar-refractivity contribution < 1.29 is 37.7 Å². The van der Waals surface area contributed by atoms with Gasteiger partial charge >= 0.3 is 55.6 Å². The van der Waals surface area contributed by atoms with Crippen LogP contribution in [-0.4, -0.2) is 82.2 Å². The van der Waals surface area contributed by atoms with Crippen molar-refractivity contribution in [1.29, 1.82) is 0 Å². The summed E-state index contributed by atoms with van der Waals surface area (Å²) in [4.78, 5) is 28.6. The van der Waals surface area contributed by atoms with Gasteiger partial charge in [-0.3, -0.25) is 0 Å². The number of aliphatic hydroxyl groups excluding tert-OH is 1. The zero-order valence-corrected chi connectivity index (χ0v) is 10.2. The van der Waals surface area contributed by atoms with E-state index in [-0.39, 0.29) is 40.6 Å². The van der Waals surface area contributed by atoms with Crippen LogP contribution in [0.25, 0.3) is 0 Å². The van der Waals surface area contributed by atoms with Gasteiger partial charge in [-0.15, -0.1) is 0 Å². The molecule has 0 aliphatic rings. The average molecular weight is 248 g/mol. The molecule has 0 spiro atoms. The second-order valence-corrected chi connectivity index (χ2v) is 2.02. The van der Waals surface area contributed by atoms with Crippen LogP contribution in [0.1, 0.15) is 9.78 Å². The third kappa shape index (κ3) is 24.7. The summed E-state index contributed by atoms with van der Waals surface area (Å²) >= 11 is 0. The topological polar surface area (TPSA) is 132 Å². The Hall–Kier alpha value is -0.630. The number of carboxylic acids is 3. The molecule has 0 aliphatic carbocycles. The Kier molecular flexibility index (Phi) is 15.2. The third-order valence-electron chi connectivity index (χ3n) is 0.726. The molecular weight excluding hydrogens is 236 g/mol. The zero-order chi connectivity index (χ0) is 11.7. The predicted octanol–water partition coefficient (Wildman–Crippen LogP) is -0.992. The van der Waals surface area contributed by atoms with Gasteiger partial charge in [0, 0.05) is 12.2 Å². The van der Waals surface area contributed by atoms with E-state index in [9.17, 15) is 14.4 Å². The van der Waals surface area contributed by atoms with Crippen molar-refractivity contribution in [2.75, 3.05) is 0 Å². The molecule has 84 valence electrons. The summed E-state index contributed by atoms with van der Waals surface area (Å²) < 4.78 is 0. The number of aliphatic carboxylic acids is 3. The van der Waals surface area contributed by atoms with Gasteiger partial charge in [0.05, 0.1) is 0 Å². The van der Waals surface area contributed by atoms with Gasteiger partial charge in [-0.25, -0.2) is 14.4 Å². The van der Waals surface area contributed by atoms with Crippen molar-refractivity contribution in [2.24, 2.45) is 0 Å². The molecule has 0 amide bonds. The van der Waals surface area contributed by atoms with Gasteiger partial charge < -0.3 is 23.3 Å². The summed E-state index contributed by atoms with van der Waals surface area (Å²) in [5, 5.41) is 31.4. The molecule has 0 bridgehead atoms. The number of aliphatic hydroxyl groups is 1. The van der Waals surface area contributed by atoms with E-state index in [2.05, 4.69) is 0 Å². The van der Waals surface area contributed by atoms with E-state index in [1.54, 1.807) is 0 Å². The van der Waals surface area contributed by atoms with Gasteiger partial charge in [-0.2, -0.15) is 0 Å². The largest absolute Gasteiger partial charge is 2.00 e. The second-order valence-electron chi connectivity index (χ2n) is 2.02. The Morgan fingerprint density at radius 2 is 1.27 bits per heavy atom. The zero-order valence-electron chi connectivity index (χ0n) is 9.95. The number of rotatable bonds is 3. The minimum Gasteiger partial charge on any atom is -1.00 e. The van der Waals surface area contributed by atoms with Crippen molar-refractivity contribution in [2.45, 2.75) is 13.0 Å². The van der Waals surface area contributed by atoms with Gasteiger partial charge in [0.15, 0.2) is 0 Å². The van der Waals surface area contributed by atoms with Crippen LogP contribution < -0.4 is 0 Å². The fourth-order valence-electron chi connectivity index (χ4n) is 0.143. The average Bonchev–Trinajstić information content (AvgIpc) is 2.01. The van der Waals surface area contributed by atoms with Crippen LogP contribution in [0, 0.1) is 0 Å². The van der Waals surface area contributed by atoms with Crippen LogP contribution in [0.2, 0.25) is 0 Å². The van der Waals surface area contributed by atoms with Gasteiger partial charge in [0.25, 0.3) is 0 Å². The Balaban J connectivity index is -0.0000000493. The van der Waals surface area contributed by atoms with E-state index in [1.165, 1.54) is 6.92 Å². The minimum atomic E-state index is -1.26. The molecule has 0 aromatic heterocycles. The first kappa shape index (κ1) is 19.9. The van der Waals surface area contributed by atoms with Crippen LogP contribution in [0.4, 0.5) is 0 Å². The van der Waals surface area contributed by atoms with Crippen LogP contribution in [-0.2, 0) is 14.4 Å². The molecular formula is C7H12CaO7. The molecule has 0 heterocycles. The first-order valence-electron chi connectivity index (χ1n) is 3.32. The molecule has 0 rings (SSSR count). The normalized spacial score (nSPS) is 10.5. The van der Waals surface area contributed by atoms with Crippen LogP contribution >= 0.6 is 0 Å². The monoisotopic (exact) mass is 248 g/mol. The minimum absolute atomic E-state index is 0. The molecule has 0 radical (unpaired) electrons. The van der Waals surface area contributed by atoms with E-state index in [1.807, 2.05) is 0 Å². The van der Waals surface area contributed by atoms with Gasteiger partial charge in [0.1, 0.15) is 6.10 Å². The number of carboxylic acid groups (broad SMARTS) is 3. The molecule has 0 aromatic carbocycles. The summed E-state index contributed by atoms with van der Waals surface area (Å²) in [6, 6.07) is 0. The summed E-state index contributed by atoms with van der Waals surface area (Å²) in [6.45, 7) is 1.20. The predicted molar refractivity (Wildman–Crippen MR) is 51.7 cm³/mol. The van der Waals surface area contributed by atoms with Crippen LogP contribution in [0.3, 0.4) is 0 Å². The molecule has 8 heteroatoms. The van der Waals surface area contributed by atoms with E-state index in [0.29, 0.717) is 12.2 Å². The van der Waals surface area contributed by atoms with Gasteiger partial charge in [0.2, 0.25) is 0 Å². The number of hydrogen-bond donors (Lipinski definition) is 4. The Bertz CT molecular complexity index is 239. The maximum Gasteiger partial charge on any atom is 2.00 e. The molecule has 0 saturated heterocycles. The summed E-state index contributed by atoms with van der Waals surface area (Å²) in [6.07, 6.45) is -0.116. The molecule has 0 saturated carbocycles. The Morgan fingerprint density at radius 1 is 1.07 bits per heavy atom. The Labute approximate surface area is 118 Å². The SMILES string of the molecule is CC(O)C(=O)O.O=C(O)C=CC(=O)O.[Ca+2].[H-].[H-]. The molecule has 0 aromatic rings. The van der Waals surface area contributed by atoms with Crippen molar-refractivity contribution in [3.05, 3.63) is 12.2 Å². The van der Waals surface area contributed by atoms with Crippen molar-refractivity contribution >= 4 is 55.6 Å². The van der Waals surface area contributed by atoms with Gasteiger partial charge in [-0.05, 0) is 6.92 Å². The maximum atomic E-state index is 9.55. The number of carbonyl (C=O) groups is 3. The standard InChI is InChI=1S/C4H4O4.C3H6O3.Ca.2H/c5-3(6)1-2-4(7)8;1-2(4)3(5)6;;;/h1-2H,(H,5,6)(H,7,8);2,4H,1H3,(H,5,6);;;/q;;+2;2*-1. The van der Waals surface area contributed by atoms with Gasteiger partial charge in [-0.1, -0.05) is 0 Å². The van der Waals surface area contributed by atoms with E-state index in [4.69, 9.17) is 20.4 Å². The first-order valence-corrected chi connectivity index (χ1v) is 3.32. The molecule has 1 unspecified atom stereocenters. The summed E-state index contributed by atoms with van der Waals surface area (Å²) in [5.41, 5.74) is 0.